The molecule has 1 aromatic carbocycles. The molecule has 0 spiro atoms. The summed E-state index contributed by atoms with van der Waals surface area (Å²) in [4.78, 5) is 14.8. The van der Waals surface area contributed by atoms with Gasteiger partial charge in [-0.25, -0.2) is 0 Å². The van der Waals surface area contributed by atoms with Crippen molar-refractivity contribution < 1.29 is 19.6 Å². The maximum absolute atomic E-state index is 10.6. The van der Waals surface area contributed by atoms with Gasteiger partial charge < -0.3 is 26.3 Å². The Labute approximate surface area is 148 Å². The second kappa shape index (κ2) is 10.8. The third-order valence-corrected chi connectivity index (χ3v) is 3.43. The molecule has 0 aliphatic carbocycles. The maximum atomic E-state index is 10.6. The highest BCUT2D eigenvalue weighted by molar-refractivity contribution is 6.15. The summed E-state index contributed by atoms with van der Waals surface area (Å²) in [6, 6.07) is 8.60. The second-order valence-corrected chi connectivity index (χ2v) is 6.14. The van der Waals surface area contributed by atoms with E-state index in [4.69, 9.17) is 21.6 Å². The topological polar surface area (TPSA) is 132 Å². The van der Waals surface area contributed by atoms with Gasteiger partial charge in [-0.15, -0.1) is 0 Å². The smallest absolute Gasteiger partial charge is 0.436 e. The number of benzene rings is 1. The first-order valence-electron chi connectivity index (χ1n) is 8.13. The number of nitrogens with two attached hydrogens (primary N) is 2. The highest BCUT2D eigenvalue weighted by Gasteiger charge is 2.12. The molecule has 7 nitrogen and oxygen atoms in total. The zero-order chi connectivity index (χ0) is 18.8. The molecule has 2 aromatic rings. The molecule has 8 heteroatoms. The average molecular weight is 347 g/mol. The van der Waals surface area contributed by atoms with Crippen LogP contribution in [0.4, 0.5) is 0 Å². The van der Waals surface area contributed by atoms with Gasteiger partial charge in [0.25, 0.3) is 0 Å². The summed E-state index contributed by atoms with van der Waals surface area (Å²) in [7, 11) is -0.284. The van der Waals surface area contributed by atoms with Gasteiger partial charge in [-0.1, -0.05) is 26.0 Å². The van der Waals surface area contributed by atoms with Gasteiger partial charge in [-0.05, 0) is 42.5 Å². The van der Waals surface area contributed by atoms with Gasteiger partial charge >= 0.3 is 13.7 Å². The van der Waals surface area contributed by atoms with Crippen LogP contribution < -0.4 is 11.5 Å². The van der Waals surface area contributed by atoms with E-state index in [2.05, 4.69) is 23.5 Å². The van der Waals surface area contributed by atoms with Crippen molar-refractivity contribution >= 4 is 24.6 Å². The number of hydrogen-bond donors (Lipinski definition) is 4. The molecule has 0 aliphatic heterocycles. The number of fused-ring (bicyclic) bond motifs is 1. The fourth-order valence-corrected chi connectivity index (χ4v) is 2.22. The average Bonchev–Trinajstić information content (AvgIpc) is 2.54. The van der Waals surface area contributed by atoms with Crippen molar-refractivity contribution in [1.82, 2.24) is 4.98 Å². The Bertz CT molecular complexity index is 669. The number of carboxylic acid groups (broad SMARTS) is 1. The zero-order valence-corrected chi connectivity index (χ0v) is 14.6. The van der Waals surface area contributed by atoms with Gasteiger partial charge in [-0.3, -0.25) is 9.78 Å². The molecule has 0 aliphatic rings. The number of pyridine rings is 1. The third-order valence-electron chi connectivity index (χ3n) is 3.43. The van der Waals surface area contributed by atoms with Crippen LogP contribution in [0, 0.1) is 5.92 Å². The lowest BCUT2D eigenvalue weighted by atomic mass is 10.0. The molecule has 0 fully saturated rings. The summed E-state index contributed by atoms with van der Waals surface area (Å²) in [5, 5.41) is 18.0. The van der Waals surface area contributed by atoms with E-state index in [1.54, 1.807) is 6.20 Å². The minimum atomic E-state index is -0.980. The fraction of sp³-hybridized carbons (Fsp3) is 0.412. The summed E-state index contributed by atoms with van der Waals surface area (Å²) in [5.74, 6) is -0.460. The number of nitrogens with zero attached hydrogens (tertiary/aromatic N) is 1. The Morgan fingerprint density at radius 2 is 2.04 bits per heavy atom. The molecule has 0 radical (unpaired) electrons. The van der Waals surface area contributed by atoms with E-state index in [0.717, 1.165) is 22.9 Å². The lowest BCUT2D eigenvalue weighted by Gasteiger charge is -2.12. The van der Waals surface area contributed by atoms with Crippen molar-refractivity contribution in [3.05, 3.63) is 42.1 Å². The van der Waals surface area contributed by atoms with Crippen molar-refractivity contribution in [2.24, 2.45) is 17.4 Å². The van der Waals surface area contributed by atoms with E-state index in [1.165, 1.54) is 0 Å². The molecule has 1 unspecified atom stereocenters. The maximum Gasteiger partial charge on any atom is 0.436 e. The quantitative estimate of drug-likeness (QED) is 0.430. The predicted octanol–water partition coefficient (Wildman–Crippen LogP) is 0.782. The molecule has 0 bridgehead atoms. The van der Waals surface area contributed by atoms with Crippen LogP contribution >= 0.6 is 0 Å². The first-order chi connectivity index (χ1) is 11.8. The summed E-state index contributed by atoms with van der Waals surface area (Å²) in [6.45, 7) is 4.11. The van der Waals surface area contributed by atoms with E-state index in [9.17, 15) is 4.79 Å². The first-order valence-corrected chi connectivity index (χ1v) is 8.13. The Hall–Kier alpha value is -2.00. The minimum Gasteiger partial charge on any atom is -0.480 e. The molecule has 6 N–H and O–H groups in total. The van der Waals surface area contributed by atoms with Gasteiger partial charge in [0.1, 0.15) is 6.04 Å². The van der Waals surface area contributed by atoms with Crippen LogP contribution in [0.25, 0.3) is 10.9 Å². The Morgan fingerprint density at radius 1 is 1.32 bits per heavy atom. The molecule has 25 heavy (non-hydrogen) atoms. The number of aliphatic carboxylic acids is 1. The monoisotopic (exact) mass is 347 g/mol. The molecule has 2 atom stereocenters. The van der Waals surface area contributed by atoms with Crippen LogP contribution in [-0.4, -0.2) is 41.0 Å². The number of aromatic nitrogens is 1. The lowest BCUT2D eigenvalue weighted by molar-refractivity contribution is -0.138. The standard InChI is InChI=1S/C12H12N2O2.C5H14BNO2/c13-10(12(15)16)7-8-3-4-11-9(6-8)2-1-5-14-11;1-4(2)3-5(7)9-6-8/h1-6,10H,7,13H2,(H,15,16);4-6,8H,3,7H2,1-2H3/t;5-/m.1/s1. The van der Waals surface area contributed by atoms with E-state index < -0.39 is 12.0 Å². The van der Waals surface area contributed by atoms with Crippen molar-refractivity contribution in [1.29, 1.82) is 0 Å². The molecule has 2 rings (SSSR count). The highest BCUT2D eigenvalue weighted by atomic mass is 16.5. The molecule has 0 saturated carbocycles. The molecule has 0 saturated heterocycles. The number of rotatable bonds is 7. The normalized spacial score (nSPS) is 13.0. The van der Waals surface area contributed by atoms with Crippen LogP contribution in [0.2, 0.25) is 0 Å². The van der Waals surface area contributed by atoms with E-state index in [0.29, 0.717) is 12.3 Å². The van der Waals surface area contributed by atoms with Gasteiger partial charge in [0.05, 0.1) is 11.7 Å². The Balaban J connectivity index is 0.000000299. The van der Waals surface area contributed by atoms with Crippen molar-refractivity contribution in [3.8, 4) is 0 Å². The van der Waals surface area contributed by atoms with Crippen LogP contribution in [0.5, 0.6) is 0 Å². The van der Waals surface area contributed by atoms with Crippen LogP contribution in [0.3, 0.4) is 0 Å². The molecular weight excluding hydrogens is 321 g/mol. The number of carboxylic acids is 1. The van der Waals surface area contributed by atoms with E-state index in [1.807, 2.05) is 30.3 Å². The van der Waals surface area contributed by atoms with Gasteiger partial charge in [0.15, 0.2) is 0 Å². The summed E-state index contributed by atoms with van der Waals surface area (Å²) < 4.78 is 4.69. The van der Waals surface area contributed by atoms with Crippen molar-refractivity contribution in [2.45, 2.75) is 39.0 Å². The zero-order valence-electron chi connectivity index (χ0n) is 14.6. The van der Waals surface area contributed by atoms with Crippen LogP contribution in [0.1, 0.15) is 25.8 Å². The molecular formula is C17H26BN3O4. The van der Waals surface area contributed by atoms with Gasteiger partial charge in [-0.2, -0.15) is 0 Å². The predicted molar refractivity (Wildman–Crippen MR) is 98.9 cm³/mol. The largest absolute Gasteiger partial charge is 0.480 e. The highest BCUT2D eigenvalue weighted by Crippen LogP contribution is 2.14. The molecule has 136 valence electrons. The van der Waals surface area contributed by atoms with Crippen molar-refractivity contribution in [2.75, 3.05) is 0 Å². The fourth-order valence-electron chi connectivity index (χ4n) is 2.22. The van der Waals surface area contributed by atoms with E-state index >= 15 is 0 Å². The van der Waals surface area contributed by atoms with E-state index in [-0.39, 0.29) is 13.9 Å². The minimum absolute atomic E-state index is 0.284. The van der Waals surface area contributed by atoms with Gasteiger partial charge in [0.2, 0.25) is 0 Å². The van der Waals surface area contributed by atoms with Crippen molar-refractivity contribution in [3.63, 3.8) is 0 Å². The lowest BCUT2D eigenvalue weighted by Crippen LogP contribution is -2.32. The second-order valence-electron chi connectivity index (χ2n) is 6.14. The first kappa shape index (κ1) is 21.0. The van der Waals surface area contributed by atoms with Crippen LogP contribution in [0.15, 0.2) is 36.5 Å². The number of hydrogen-bond acceptors (Lipinski definition) is 6. The summed E-state index contributed by atoms with van der Waals surface area (Å²) in [5.41, 5.74) is 12.7. The Morgan fingerprint density at radius 3 is 2.64 bits per heavy atom. The molecule has 1 heterocycles. The third kappa shape index (κ3) is 8.08. The molecule has 0 amide bonds. The van der Waals surface area contributed by atoms with Gasteiger partial charge in [0, 0.05) is 11.6 Å². The summed E-state index contributed by atoms with van der Waals surface area (Å²) in [6.07, 6.45) is 2.54. The Kier molecular flexibility index (Phi) is 9.08. The van der Waals surface area contributed by atoms with Crippen LogP contribution in [-0.2, 0) is 15.9 Å². The molecule has 1 aromatic heterocycles. The summed E-state index contributed by atoms with van der Waals surface area (Å²) >= 11 is 0. The SMILES string of the molecule is CC(C)C[C@H](N)OBO.NC(Cc1ccc2ncccc2c1)C(=O)O. The number of carbonyl (C=O) groups is 1.